The van der Waals surface area contributed by atoms with Gasteiger partial charge in [-0.2, -0.15) is 5.10 Å². The molecule has 1 heterocycles. The van der Waals surface area contributed by atoms with Gasteiger partial charge in [-0.3, -0.25) is 9.89 Å². The highest BCUT2D eigenvalue weighted by Crippen LogP contribution is 2.27. The number of rotatable bonds is 4. The third-order valence-electron chi connectivity index (χ3n) is 3.57. The smallest absolute Gasteiger partial charge is 0.276 e. The monoisotopic (exact) mass is 236 g/mol. The highest BCUT2D eigenvalue weighted by molar-refractivity contribution is 5.97. The van der Waals surface area contributed by atoms with E-state index in [9.17, 15) is 4.79 Å². The lowest BCUT2D eigenvalue weighted by atomic mass is 9.85. The normalized spacial score (nSPS) is 15.6. The van der Waals surface area contributed by atoms with Gasteiger partial charge in [-0.15, -0.1) is 0 Å². The maximum Gasteiger partial charge on any atom is 0.276 e. The summed E-state index contributed by atoms with van der Waals surface area (Å²) in [7, 11) is 0. The Morgan fingerprint density at radius 3 is 2.71 bits per heavy atom. The van der Waals surface area contributed by atoms with Crippen LogP contribution in [0.2, 0.25) is 0 Å². The van der Waals surface area contributed by atoms with Gasteiger partial charge in [0.25, 0.3) is 5.91 Å². The van der Waals surface area contributed by atoms with Crippen LogP contribution in [-0.4, -0.2) is 34.1 Å². The van der Waals surface area contributed by atoms with E-state index < -0.39 is 0 Å². The fourth-order valence-corrected chi connectivity index (χ4v) is 2.09. The summed E-state index contributed by atoms with van der Waals surface area (Å²) >= 11 is 0. The van der Waals surface area contributed by atoms with E-state index in [1.807, 2.05) is 18.7 Å². The Morgan fingerprint density at radius 2 is 2.29 bits per heavy atom. The lowest BCUT2D eigenvalue weighted by Gasteiger charge is -2.31. The summed E-state index contributed by atoms with van der Waals surface area (Å²) in [5.41, 5.74) is 7.43. The molecule has 0 radical (unpaired) electrons. The molecule has 94 valence electrons. The highest BCUT2D eigenvalue weighted by Gasteiger charge is 2.26. The van der Waals surface area contributed by atoms with Gasteiger partial charge in [0.05, 0.1) is 11.4 Å². The van der Waals surface area contributed by atoms with E-state index in [1.165, 1.54) is 19.3 Å². The molecule has 1 saturated carbocycles. The van der Waals surface area contributed by atoms with Crippen molar-refractivity contribution in [1.29, 1.82) is 0 Å². The number of nitrogen functional groups attached to an aromatic ring is 1. The fourth-order valence-electron chi connectivity index (χ4n) is 2.09. The third-order valence-corrected chi connectivity index (χ3v) is 3.57. The molecule has 2 rings (SSSR count). The van der Waals surface area contributed by atoms with E-state index in [0.717, 1.165) is 12.2 Å². The van der Waals surface area contributed by atoms with E-state index in [1.54, 1.807) is 0 Å². The molecule has 0 aromatic carbocycles. The van der Waals surface area contributed by atoms with Crippen LogP contribution in [0.25, 0.3) is 0 Å². The number of anilines is 1. The SMILES string of the molecule is CCN(CC1CCC1)C(=O)c1n[nH]c(C)c1N. The van der Waals surface area contributed by atoms with Gasteiger partial charge in [0.15, 0.2) is 5.69 Å². The van der Waals surface area contributed by atoms with Crippen molar-refractivity contribution in [2.75, 3.05) is 18.8 Å². The Balaban J connectivity index is 2.08. The minimum Gasteiger partial charge on any atom is -0.395 e. The molecule has 1 aliphatic rings. The first-order valence-corrected chi connectivity index (χ1v) is 6.23. The Morgan fingerprint density at radius 1 is 1.59 bits per heavy atom. The molecule has 1 aromatic heterocycles. The molecule has 0 aliphatic heterocycles. The van der Waals surface area contributed by atoms with Crippen molar-refractivity contribution in [2.24, 2.45) is 5.92 Å². The number of nitrogens with zero attached hydrogens (tertiary/aromatic N) is 2. The summed E-state index contributed by atoms with van der Waals surface area (Å²) in [5, 5.41) is 6.75. The number of hydrogen-bond acceptors (Lipinski definition) is 3. The summed E-state index contributed by atoms with van der Waals surface area (Å²) in [4.78, 5) is 14.1. The standard InChI is InChI=1S/C12H20N4O/c1-3-16(7-9-5-4-6-9)12(17)11-10(13)8(2)14-15-11/h9H,3-7,13H2,1-2H3,(H,14,15). The maximum atomic E-state index is 12.2. The van der Waals surface area contributed by atoms with Crippen molar-refractivity contribution < 1.29 is 4.79 Å². The Hall–Kier alpha value is -1.52. The molecule has 5 heteroatoms. The zero-order chi connectivity index (χ0) is 12.4. The second kappa shape index (κ2) is 4.77. The summed E-state index contributed by atoms with van der Waals surface area (Å²) < 4.78 is 0. The largest absolute Gasteiger partial charge is 0.395 e. The van der Waals surface area contributed by atoms with Crippen LogP contribution < -0.4 is 5.73 Å². The molecule has 1 fully saturated rings. The van der Waals surface area contributed by atoms with Crippen LogP contribution in [0.3, 0.4) is 0 Å². The number of H-pyrrole nitrogens is 1. The van der Waals surface area contributed by atoms with E-state index in [0.29, 0.717) is 23.8 Å². The average molecular weight is 236 g/mol. The number of carbonyl (C=O) groups excluding carboxylic acids is 1. The molecule has 1 amide bonds. The Labute approximate surface area is 101 Å². The van der Waals surface area contributed by atoms with Crippen molar-refractivity contribution in [3.8, 4) is 0 Å². The van der Waals surface area contributed by atoms with Crippen molar-refractivity contribution in [3.05, 3.63) is 11.4 Å². The van der Waals surface area contributed by atoms with E-state index >= 15 is 0 Å². The minimum atomic E-state index is -0.0544. The molecule has 17 heavy (non-hydrogen) atoms. The molecular weight excluding hydrogens is 216 g/mol. The van der Waals surface area contributed by atoms with Gasteiger partial charge in [0, 0.05) is 13.1 Å². The number of nitrogens with one attached hydrogen (secondary N) is 1. The van der Waals surface area contributed by atoms with Crippen LogP contribution in [0.4, 0.5) is 5.69 Å². The number of carbonyl (C=O) groups is 1. The van der Waals surface area contributed by atoms with Crippen LogP contribution in [-0.2, 0) is 0 Å². The summed E-state index contributed by atoms with van der Waals surface area (Å²) in [5.74, 6) is 0.612. The van der Waals surface area contributed by atoms with E-state index in [4.69, 9.17) is 5.73 Å². The quantitative estimate of drug-likeness (QED) is 0.833. The molecule has 1 aromatic rings. The third kappa shape index (κ3) is 2.28. The van der Waals surface area contributed by atoms with Crippen LogP contribution >= 0.6 is 0 Å². The number of aromatic nitrogens is 2. The lowest BCUT2D eigenvalue weighted by Crippen LogP contribution is -2.37. The second-order valence-electron chi connectivity index (χ2n) is 4.75. The van der Waals surface area contributed by atoms with Gasteiger partial charge in [-0.25, -0.2) is 0 Å². The van der Waals surface area contributed by atoms with Crippen molar-refractivity contribution in [1.82, 2.24) is 15.1 Å². The highest BCUT2D eigenvalue weighted by atomic mass is 16.2. The van der Waals surface area contributed by atoms with Gasteiger partial charge in [0.1, 0.15) is 0 Å². The molecule has 0 unspecified atom stereocenters. The average Bonchev–Trinajstić information content (AvgIpc) is 2.58. The molecule has 0 saturated heterocycles. The van der Waals surface area contributed by atoms with E-state index in [2.05, 4.69) is 10.2 Å². The summed E-state index contributed by atoms with van der Waals surface area (Å²) in [6.45, 7) is 5.36. The zero-order valence-electron chi connectivity index (χ0n) is 10.5. The van der Waals surface area contributed by atoms with Crippen molar-refractivity contribution in [3.63, 3.8) is 0 Å². The predicted molar refractivity (Wildman–Crippen MR) is 66.7 cm³/mol. The molecule has 5 nitrogen and oxygen atoms in total. The first-order chi connectivity index (χ1) is 8.13. The van der Waals surface area contributed by atoms with Crippen LogP contribution in [0.15, 0.2) is 0 Å². The van der Waals surface area contributed by atoms with Crippen LogP contribution in [0, 0.1) is 12.8 Å². The van der Waals surface area contributed by atoms with Crippen molar-refractivity contribution >= 4 is 11.6 Å². The second-order valence-corrected chi connectivity index (χ2v) is 4.75. The molecule has 0 atom stereocenters. The predicted octanol–water partition coefficient (Wildman–Crippen LogP) is 1.56. The fraction of sp³-hybridized carbons (Fsp3) is 0.667. The number of hydrogen-bond donors (Lipinski definition) is 2. The zero-order valence-corrected chi connectivity index (χ0v) is 10.5. The van der Waals surface area contributed by atoms with Crippen molar-refractivity contribution in [2.45, 2.75) is 33.1 Å². The first-order valence-electron chi connectivity index (χ1n) is 6.23. The number of aryl methyl sites for hydroxylation is 1. The van der Waals surface area contributed by atoms with Crippen LogP contribution in [0.1, 0.15) is 42.4 Å². The molecule has 0 spiro atoms. The topological polar surface area (TPSA) is 75.0 Å². The first kappa shape index (κ1) is 12.0. The molecule has 0 bridgehead atoms. The number of amides is 1. The number of nitrogens with two attached hydrogens (primary N) is 1. The molecular formula is C12H20N4O. The Bertz CT molecular complexity index is 409. The van der Waals surface area contributed by atoms with Gasteiger partial charge in [-0.05, 0) is 32.6 Å². The molecule has 3 N–H and O–H groups in total. The summed E-state index contributed by atoms with van der Waals surface area (Å²) in [6.07, 6.45) is 3.76. The lowest BCUT2D eigenvalue weighted by molar-refractivity contribution is 0.0701. The van der Waals surface area contributed by atoms with Gasteiger partial charge in [0.2, 0.25) is 0 Å². The number of aromatic amines is 1. The maximum absolute atomic E-state index is 12.2. The van der Waals surface area contributed by atoms with Gasteiger partial charge < -0.3 is 10.6 Å². The van der Waals surface area contributed by atoms with Crippen LogP contribution in [0.5, 0.6) is 0 Å². The molecule has 1 aliphatic carbocycles. The minimum absolute atomic E-state index is 0.0544. The van der Waals surface area contributed by atoms with Gasteiger partial charge in [-0.1, -0.05) is 6.42 Å². The van der Waals surface area contributed by atoms with Gasteiger partial charge >= 0.3 is 0 Å². The Kier molecular flexibility index (Phi) is 3.36. The summed E-state index contributed by atoms with van der Waals surface area (Å²) in [6, 6.07) is 0. The van der Waals surface area contributed by atoms with E-state index in [-0.39, 0.29) is 5.91 Å².